The molecule has 0 atom stereocenters. The molecule has 0 aliphatic carbocycles. The Hall–Kier alpha value is -1.68. The van der Waals surface area contributed by atoms with Crippen LogP contribution in [0.25, 0.3) is 11.3 Å². The van der Waals surface area contributed by atoms with Gasteiger partial charge in [-0.05, 0) is 31.7 Å². The number of hydrogen-bond donors (Lipinski definition) is 2. The predicted molar refractivity (Wildman–Crippen MR) is 61.5 cm³/mol. The van der Waals surface area contributed by atoms with Crippen molar-refractivity contribution in [1.82, 2.24) is 15.5 Å². The highest BCUT2D eigenvalue weighted by molar-refractivity contribution is 5.63. The van der Waals surface area contributed by atoms with Crippen LogP contribution in [0.3, 0.4) is 0 Å². The van der Waals surface area contributed by atoms with Gasteiger partial charge in [-0.25, -0.2) is 4.39 Å². The van der Waals surface area contributed by atoms with E-state index in [-0.39, 0.29) is 5.82 Å². The first-order chi connectivity index (χ1) is 7.72. The summed E-state index contributed by atoms with van der Waals surface area (Å²) in [5, 5.41) is 10.2. The van der Waals surface area contributed by atoms with E-state index < -0.39 is 0 Å². The number of aromatic amines is 1. The minimum absolute atomic E-state index is 0.241. The lowest BCUT2D eigenvalue weighted by molar-refractivity contribution is 0.628. The van der Waals surface area contributed by atoms with Crippen molar-refractivity contribution < 1.29 is 4.39 Å². The van der Waals surface area contributed by atoms with Gasteiger partial charge in [-0.15, -0.1) is 0 Å². The van der Waals surface area contributed by atoms with E-state index in [9.17, 15) is 4.39 Å². The van der Waals surface area contributed by atoms with Gasteiger partial charge in [-0.1, -0.05) is 12.1 Å². The van der Waals surface area contributed by atoms with E-state index in [0.717, 1.165) is 29.1 Å². The molecule has 0 saturated carbocycles. The summed E-state index contributed by atoms with van der Waals surface area (Å²) in [6, 6.07) is 6.47. The Balaban J connectivity index is 2.41. The lowest BCUT2D eigenvalue weighted by atomic mass is 10.1. The fourth-order valence-corrected chi connectivity index (χ4v) is 1.70. The molecule has 2 rings (SSSR count). The Morgan fingerprint density at radius 2 is 2.25 bits per heavy atom. The van der Waals surface area contributed by atoms with Crippen LogP contribution in [-0.2, 0) is 6.54 Å². The number of H-pyrrole nitrogens is 1. The Labute approximate surface area is 93.7 Å². The molecule has 1 aromatic carbocycles. The third-order valence-electron chi connectivity index (χ3n) is 2.56. The maximum atomic E-state index is 13.1. The highest BCUT2D eigenvalue weighted by Crippen LogP contribution is 2.23. The largest absolute Gasteiger partial charge is 0.314 e. The standard InChI is InChI=1S/C12H14FN3/c1-8-11(7-14-2)15-16-12(8)9-4-3-5-10(13)6-9/h3-6,14H,7H2,1-2H3,(H,15,16). The molecule has 84 valence electrons. The second-order valence-electron chi connectivity index (χ2n) is 3.72. The van der Waals surface area contributed by atoms with E-state index in [2.05, 4.69) is 15.5 Å². The van der Waals surface area contributed by atoms with Gasteiger partial charge >= 0.3 is 0 Å². The summed E-state index contributed by atoms with van der Waals surface area (Å²) < 4.78 is 13.1. The molecule has 2 aromatic rings. The summed E-state index contributed by atoms with van der Waals surface area (Å²) in [6.45, 7) is 2.71. The van der Waals surface area contributed by atoms with E-state index >= 15 is 0 Å². The van der Waals surface area contributed by atoms with Crippen molar-refractivity contribution in [2.75, 3.05) is 7.05 Å². The summed E-state index contributed by atoms with van der Waals surface area (Å²) in [5.41, 5.74) is 3.70. The van der Waals surface area contributed by atoms with Crippen molar-refractivity contribution >= 4 is 0 Å². The number of hydrogen-bond acceptors (Lipinski definition) is 2. The van der Waals surface area contributed by atoms with Crippen LogP contribution < -0.4 is 5.32 Å². The maximum absolute atomic E-state index is 13.1. The molecule has 0 aliphatic heterocycles. The number of aromatic nitrogens is 2. The first kappa shape index (κ1) is 10.8. The quantitative estimate of drug-likeness (QED) is 0.831. The van der Waals surface area contributed by atoms with E-state index in [4.69, 9.17) is 0 Å². The zero-order valence-electron chi connectivity index (χ0n) is 9.34. The van der Waals surface area contributed by atoms with Gasteiger partial charge in [-0.2, -0.15) is 5.10 Å². The van der Waals surface area contributed by atoms with Crippen molar-refractivity contribution in [3.05, 3.63) is 41.3 Å². The molecule has 0 fully saturated rings. The molecule has 4 heteroatoms. The molecule has 1 aromatic heterocycles. The zero-order chi connectivity index (χ0) is 11.5. The van der Waals surface area contributed by atoms with Crippen LogP contribution in [0.2, 0.25) is 0 Å². The van der Waals surface area contributed by atoms with E-state index in [1.807, 2.05) is 20.0 Å². The summed E-state index contributed by atoms with van der Waals surface area (Å²) in [6.07, 6.45) is 0. The Morgan fingerprint density at radius 1 is 1.44 bits per heavy atom. The molecule has 0 saturated heterocycles. The van der Waals surface area contributed by atoms with Crippen LogP contribution >= 0.6 is 0 Å². The summed E-state index contributed by atoms with van der Waals surface area (Å²) in [5.74, 6) is -0.241. The van der Waals surface area contributed by atoms with Crippen LogP contribution in [0.5, 0.6) is 0 Å². The molecular formula is C12H14FN3. The second kappa shape index (κ2) is 4.45. The Bertz CT molecular complexity index is 491. The van der Waals surface area contributed by atoms with Crippen LogP contribution in [0.1, 0.15) is 11.3 Å². The monoisotopic (exact) mass is 219 g/mol. The van der Waals surface area contributed by atoms with Gasteiger partial charge in [0, 0.05) is 12.1 Å². The van der Waals surface area contributed by atoms with Gasteiger partial charge < -0.3 is 5.32 Å². The van der Waals surface area contributed by atoms with E-state index in [0.29, 0.717) is 0 Å². The van der Waals surface area contributed by atoms with Crippen LogP contribution in [0.15, 0.2) is 24.3 Å². The van der Waals surface area contributed by atoms with Gasteiger partial charge in [0.25, 0.3) is 0 Å². The summed E-state index contributed by atoms with van der Waals surface area (Å²) in [7, 11) is 1.88. The third-order valence-corrected chi connectivity index (χ3v) is 2.56. The molecule has 3 nitrogen and oxygen atoms in total. The fourth-order valence-electron chi connectivity index (χ4n) is 1.70. The zero-order valence-corrected chi connectivity index (χ0v) is 9.34. The maximum Gasteiger partial charge on any atom is 0.123 e. The van der Waals surface area contributed by atoms with Crippen molar-refractivity contribution in [2.24, 2.45) is 0 Å². The molecule has 0 amide bonds. The summed E-state index contributed by atoms with van der Waals surface area (Å²) in [4.78, 5) is 0. The fraction of sp³-hybridized carbons (Fsp3) is 0.250. The SMILES string of the molecule is CNCc1[nH]nc(-c2cccc(F)c2)c1C. The first-order valence-electron chi connectivity index (χ1n) is 5.16. The molecule has 0 radical (unpaired) electrons. The molecular weight excluding hydrogens is 205 g/mol. The lowest BCUT2D eigenvalue weighted by Crippen LogP contribution is -2.06. The molecule has 1 heterocycles. The van der Waals surface area contributed by atoms with Gasteiger partial charge in [0.1, 0.15) is 5.82 Å². The number of benzene rings is 1. The number of rotatable bonds is 3. The van der Waals surface area contributed by atoms with E-state index in [1.165, 1.54) is 12.1 Å². The topological polar surface area (TPSA) is 40.7 Å². The summed E-state index contributed by atoms with van der Waals surface area (Å²) >= 11 is 0. The minimum atomic E-state index is -0.241. The highest BCUT2D eigenvalue weighted by Gasteiger charge is 2.10. The van der Waals surface area contributed by atoms with Gasteiger partial charge in [0.15, 0.2) is 0 Å². The van der Waals surface area contributed by atoms with Crippen molar-refractivity contribution in [1.29, 1.82) is 0 Å². The van der Waals surface area contributed by atoms with Crippen LogP contribution in [0, 0.1) is 12.7 Å². The normalized spacial score (nSPS) is 10.7. The average molecular weight is 219 g/mol. The van der Waals surface area contributed by atoms with Crippen molar-refractivity contribution in [3.63, 3.8) is 0 Å². The molecule has 0 spiro atoms. The van der Waals surface area contributed by atoms with Crippen LogP contribution in [-0.4, -0.2) is 17.2 Å². The molecule has 16 heavy (non-hydrogen) atoms. The van der Waals surface area contributed by atoms with Gasteiger partial charge in [0.05, 0.1) is 11.4 Å². The van der Waals surface area contributed by atoms with Crippen molar-refractivity contribution in [3.8, 4) is 11.3 Å². The molecule has 2 N–H and O–H groups in total. The number of nitrogens with zero attached hydrogens (tertiary/aromatic N) is 1. The third kappa shape index (κ3) is 1.97. The average Bonchev–Trinajstić information content (AvgIpc) is 2.61. The Morgan fingerprint density at radius 3 is 2.94 bits per heavy atom. The number of nitrogens with one attached hydrogen (secondary N) is 2. The first-order valence-corrected chi connectivity index (χ1v) is 5.16. The van der Waals surface area contributed by atoms with Gasteiger partial charge in [0.2, 0.25) is 0 Å². The van der Waals surface area contributed by atoms with Gasteiger partial charge in [-0.3, -0.25) is 5.10 Å². The van der Waals surface area contributed by atoms with Crippen LogP contribution in [0.4, 0.5) is 4.39 Å². The smallest absolute Gasteiger partial charge is 0.123 e. The molecule has 0 unspecified atom stereocenters. The highest BCUT2D eigenvalue weighted by atomic mass is 19.1. The molecule has 0 bridgehead atoms. The van der Waals surface area contributed by atoms with E-state index in [1.54, 1.807) is 6.07 Å². The lowest BCUT2D eigenvalue weighted by Gasteiger charge is -2.00. The second-order valence-corrected chi connectivity index (χ2v) is 3.72. The Kier molecular flexibility index (Phi) is 3.01. The molecule has 0 aliphatic rings. The number of halogens is 1. The van der Waals surface area contributed by atoms with Crippen molar-refractivity contribution in [2.45, 2.75) is 13.5 Å². The minimum Gasteiger partial charge on any atom is -0.314 e. The predicted octanol–water partition coefficient (Wildman–Crippen LogP) is 2.24.